The molecule has 0 fully saturated rings. The van der Waals surface area contributed by atoms with Gasteiger partial charge >= 0.3 is 0 Å². The van der Waals surface area contributed by atoms with Gasteiger partial charge in [0.05, 0.1) is 29.0 Å². The van der Waals surface area contributed by atoms with Crippen molar-refractivity contribution in [2.75, 3.05) is 0 Å². The third-order valence-corrected chi connectivity index (χ3v) is 3.87. The standard InChI is InChI=1S/C16H14ClN3S/c17-12-6-2-1-5-11(12)10-20-14-8-4-3-7-13(14)19-16(20)9-15(18)21/h1-8H,9-10H2,(H2,18,21). The second-order valence-corrected chi connectivity index (χ2v) is 5.77. The number of halogens is 1. The Bertz CT molecular complexity index is 810. The van der Waals surface area contributed by atoms with Crippen LogP contribution in [0.15, 0.2) is 48.5 Å². The lowest BCUT2D eigenvalue weighted by molar-refractivity contribution is 0.774. The SMILES string of the molecule is NC(=S)Cc1nc2ccccc2n1Cc1ccccc1Cl. The first-order chi connectivity index (χ1) is 10.1. The number of rotatable bonds is 4. The van der Waals surface area contributed by atoms with E-state index >= 15 is 0 Å². The molecule has 0 aliphatic heterocycles. The maximum atomic E-state index is 6.27. The number of fused-ring (bicyclic) bond motifs is 1. The highest BCUT2D eigenvalue weighted by atomic mass is 35.5. The average molecular weight is 316 g/mol. The van der Waals surface area contributed by atoms with E-state index in [1.165, 1.54) is 0 Å². The molecule has 3 rings (SSSR count). The predicted octanol–water partition coefficient (Wildman–Crippen LogP) is 3.57. The smallest absolute Gasteiger partial charge is 0.116 e. The summed E-state index contributed by atoms with van der Waals surface area (Å²) in [5, 5.41) is 0.747. The molecular formula is C16H14ClN3S. The van der Waals surface area contributed by atoms with Gasteiger partial charge in [-0.3, -0.25) is 0 Å². The van der Waals surface area contributed by atoms with E-state index < -0.39 is 0 Å². The van der Waals surface area contributed by atoms with Crippen LogP contribution in [0.25, 0.3) is 11.0 Å². The Kier molecular flexibility index (Phi) is 3.90. The summed E-state index contributed by atoms with van der Waals surface area (Å²) in [6.07, 6.45) is 0.481. The second kappa shape index (κ2) is 5.84. The Morgan fingerprint density at radius 1 is 1.14 bits per heavy atom. The minimum absolute atomic E-state index is 0.436. The molecule has 0 bridgehead atoms. The van der Waals surface area contributed by atoms with E-state index in [-0.39, 0.29) is 0 Å². The van der Waals surface area contributed by atoms with Crippen LogP contribution in [0.2, 0.25) is 5.02 Å². The van der Waals surface area contributed by atoms with E-state index in [0.29, 0.717) is 18.0 Å². The third-order valence-electron chi connectivity index (χ3n) is 3.35. The van der Waals surface area contributed by atoms with Gasteiger partial charge in [0.1, 0.15) is 5.82 Å². The van der Waals surface area contributed by atoms with Gasteiger partial charge in [-0.15, -0.1) is 0 Å². The van der Waals surface area contributed by atoms with Gasteiger partial charge in [-0.05, 0) is 23.8 Å². The first-order valence-electron chi connectivity index (χ1n) is 6.61. The van der Waals surface area contributed by atoms with E-state index in [1.54, 1.807) is 0 Å². The van der Waals surface area contributed by atoms with Crippen molar-refractivity contribution in [3.63, 3.8) is 0 Å². The lowest BCUT2D eigenvalue weighted by Gasteiger charge is -2.10. The van der Waals surface area contributed by atoms with E-state index in [1.807, 2.05) is 48.5 Å². The minimum Gasteiger partial charge on any atom is -0.393 e. The van der Waals surface area contributed by atoms with Gasteiger partial charge in [-0.2, -0.15) is 0 Å². The number of para-hydroxylation sites is 2. The summed E-state index contributed by atoms with van der Waals surface area (Å²) in [5.41, 5.74) is 8.74. The monoisotopic (exact) mass is 315 g/mol. The van der Waals surface area contributed by atoms with E-state index in [2.05, 4.69) is 9.55 Å². The van der Waals surface area contributed by atoms with Crippen molar-refractivity contribution in [1.29, 1.82) is 0 Å². The van der Waals surface area contributed by atoms with Crippen molar-refractivity contribution in [2.24, 2.45) is 5.73 Å². The van der Waals surface area contributed by atoms with Crippen LogP contribution in [0, 0.1) is 0 Å². The largest absolute Gasteiger partial charge is 0.393 e. The number of benzene rings is 2. The van der Waals surface area contributed by atoms with Crippen LogP contribution in [-0.2, 0) is 13.0 Å². The summed E-state index contributed by atoms with van der Waals surface area (Å²) in [7, 11) is 0. The fourth-order valence-corrected chi connectivity index (χ4v) is 2.71. The number of hydrogen-bond acceptors (Lipinski definition) is 2. The normalized spacial score (nSPS) is 10.9. The molecule has 5 heteroatoms. The molecule has 3 aromatic rings. The Hall–Kier alpha value is -1.91. The van der Waals surface area contributed by atoms with Crippen molar-refractivity contribution in [3.8, 4) is 0 Å². The van der Waals surface area contributed by atoms with Crippen LogP contribution in [0.3, 0.4) is 0 Å². The lowest BCUT2D eigenvalue weighted by atomic mass is 10.2. The molecule has 1 aromatic heterocycles. The van der Waals surface area contributed by atoms with Crippen LogP contribution in [0.4, 0.5) is 0 Å². The van der Waals surface area contributed by atoms with E-state index in [0.717, 1.165) is 27.4 Å². The van der Waals surface area contributed by atoms with Crippen LogP contribution < -0.4 is 5.73 Å². The maximum Gasteiger partial charge on any atom is 0.116 e. The third kappa shape index (κ3) is 2.91. The molecule has 0 saturated heterocycles. The molecule has 0 unspecified atom stereocenters. The molecule has 0 saturated carbocycles. The van der Waals surface area contributed by atoms with Gasteiger partial charge in [0.2, 0.25) is 0 Å². The van der Waals surface area contributed by atoms with Crippen molar-refractivity contribution in [2.45, 2.75) is 13.0 Å². The van der Waals surface area contributed by atoms with Crippen molar-refractivity contribution >= 4 is 39.8 Å². The summed E-state index contributed by atoms with van der Waals surface area (Å²) in [6, 6.07) is 15.8. The highest BCUT2D eigenvalue weighted by molar-refractivity contribution is 7.80. The topological polar surface area (TPSA) is 43.8 Å². The van der Waals surface area contributed by atoms with Gasteiger partial charge in [-0.25, -0.2) is 4.98 Å². The quantitative estimate of drug-likeness (QED) is 0.749. The number of imidazole rings is 1. The number of aromatic nitrogens is 2. The minimum atomic E-state index is 0.436. The van der Waals surface area contributed by atoms with Crippen LogP contribution >= 0.6 is 23.8 Å². The highest BCUT2D eigenvalue weighted by Crippen LogP contribution is 2.22. The molecule has 2 N–H and O–H groups in total. The molecule has 0 aliphatic carbocycles. The Morgan fingerprint density at radius 2 is 1.86 bits per heavy atom. The zero-order valence-corrected chi connectivity index (χ0v) is 12.9. The Balaban J connectivity index is 2.11. The summed E-state index contributed by atoms with van der Waals surface area (Å²) in [5.74, 6) is 0.864. The fraction of sp³-hybridized carbons (Fsp3) is 0.125. The van der Waals surface area contributed by atoms with Gasteiger partial charge in [-0.1, -0.05) is 54.2 Å². The maximum absolute atomic E-state index is 6.27. The molecule has 0 amide bonds. The van der Waals surface area contributed by atoms with Gasteiger partial charge in [0.15, 0.2) is 0 Å². The summed E-state index contributed by atoms with van der Waals surface area (Å²) in [4.78, 5) is 5.07. The van der Waals surface area contributed by atoms with Gasteiger partial charge in [0.25, 0.3) is 0 Å². The second-order valence-electron chi connectivity index (χ2n) is 4.84. The molecule has 21 heavy (non-hydrogen) atoms. The van der Waals surface area contributed by atoms with Crippen LogP contribution in [0.5, 0.6) is 0 Å². The van der Waals surface area contributed by atoms with Crippen LogP contribution in [0.1, 0.15) is 11.4 Å². The number of nitrogens with two attached hydrogens (primary N) is 1. The molecular weight excluding hydrogens is 302 g/mol. The van der Waals surface area contributed by atoms with E-state index in [4.69, 9.17) is 29.6 Å². The van der Waals surface area contributed by atoms with Gasteiger partial charge < -0.3 is 10.3 Å². The summed E-state index contributed by atoms with van der Waals surface area (Å²) in [6.45, 7) is 0.651. The van der Waals surface area contributed by atoms with Crippen LogP contribution in [-0.4, -0.2) is 14.5 Å². The Morgan fingerprint density at radius 3 is 2.62 bits per heavy atom. The van der Waals surface area contributed by atoms with E-state index in [9.17, 15) is 0 Å². The molecule has 2 aromatic carbocycles. The summed E-state index contributed by atoms with van der Waals surface area (Å²) < 4.78 is 2.12. The fourth-order valence-electron chi connectivity index (χ4n) is 2.39. The molecule has 106 valence electrons. The van der Waals surface area contributed by atoms with Crippen molar-refractivity contribution in [1.82, 2.24) is 9.55 Å². The lowest BCUT2D eigenvalue weighted by Crippen LogP contribution is -2.16. The number of thiocarbonyl (C=S) groups is 1. The average Bonchev–Trinajstić information content (AvgIpc) is 2.78. The number of nitrogens with zero attached hydrogens (tertiary/aromatic N) is 2. The van der Waals surface area contributed by atoms with Crippen molar-refractivity contribution in [3.05, 3.63) is 64.9 Å². The molecule has 0 radical (unpaired) electrons. The molecule has 0 atom stereocenters. The molecule has 0 aliphatic rings. The highest BCUT2D eigenvalue weighted by Gasteiger charge is 2.12. The van der Waals surface area contributed by atoms with Gasteiger partial charge in [0, 0.05) is 5.02 Å². The molecule has 0 spiro atoms. The summed E-state index contributed by atoms with van der Waals surface area (Å²) >= 11 is 11.3. The first kappa shape index (κ1) is 14.0. The first-order valence-corrected chi connectivity index (χ1v) is 7.39. The Labute approximate surface area is 133 Å². The molecule has 1 heterocycles. The van der Waals surface area contributed by atoms with Crippen molar-refractivity contribution < 1.29 is 0 Å². The zero-order chi connectivity index (χ0) is 14.8. The predicted molar refractivity (Wildman–Crippen MR) is 90.8 cm³/mol. The molecule has 3 nitrogen and oxygen atoms in total. The zero-order valence-electron chi connectivity index (χ0n) is 11.3. The number of hydrogen-bond donors (Lipinski definition) is 1.